The van der Waals surface area contributed by atoms with Crippen LogP contribution in [-0.2, 0) is 25.9 Å². The number of thiophene rings is 1. The fraction of sp³-hybridized carbons (Fsp3) is 0.611. The first-order valence-electron chi connectivity index (χ1n) is 9.46. The molecule has 3 rings (SSSR count). The molecule has 0 fully saturated rings. The van der Waals surface area contributed by atoms with E-state index in [9.17, 15) is 0 Å². The molecule has 2 aromatic rings. The van der Waals surface area contributed by atoms with E-state index >= 15 is 0 Å². The molecule has 0 radical (unpaired) electrons. The molecule has 0 aliphatic carbocycles. The summed E-state index contributed by atoms with van der Waals surface area (Å²) >= 11 is 1.89. The molecule has 3 heterocycles. The number of hydrogen-bond donors (Lipinski definition) is 2. The first-order chi connectivity index (χ1) is 12.8. The van der Waals surface area contributed by atoms with Crippen LogP contribution in [0.4, 0.5) is 0 Å². The minimum absolute atomic E-state index is 0.804. The predicted molar refractivity (Wildman–Crippen MR) is 107 cm³/mol. The van der Waals surface area contributed by atoms with Gasteiger partial charge in [-0.05, 0) is 30.4 Å². The zero-order chi connectivity index (χ0) is 18.2. The van der Waals surface area contributed by atoms with Crippen LogP contribution in [0.15, 0.2) is 22.8 Å². The summed E-state index contributed by atoms with van der Waals surface area (Å²) in [5.74, 6) is 1.90. The van der Waals surface area contributed by atoms with Crippen molar-refractivity contribution in [3.05, 3.63) is 34.0 Å². The fourth-order valence-corrected chi connectivity index (χ4v) is 4.07. The van der Waals surface area contributed by atoms with Crippen LogP contribution >= 0.6 is 11.3 Å². The molecule has 26 heavy (non-hydrogen) atoms. The Bertz CT molecular complexity index is 706. The van der Waals surface area contributed by atoms with Crippen molar-refractivity contribution < 1.29 is 0 Å². The first-order valence-corrected chi connectivity index (χ1v) is 10.3. The van der Waals surface area contributed by atoms with E-state index < -0.39 is 0 Å². The van der Waals surface area contributed by atoms with Crippen molar-refractivity contribution in [2.24, 2.45) is 4.99 Å². The molecule has 0 bridgehead atoms. The molecular formula is C18H29N7S. The van der Waals surface area contributed by atoms with E-state index in [-0.39, 0.29) is 0 Å². The van der Waals surface area contributed by atoms with Crippen molar-refractivity contribution in [1.82, 2.24) is 30.3 Å². The van der Waals surface area contributed by atoms with Gasteiger partial charge in [0.05, 0.1) is 6.54 Å². The average Bonchev–Trinajstić information content (AvgIpc) is 3.30. The van der Waals surface area contributed by atoms with Crippen molar-refractivity contribution in [2.75, 3.05) is 32.7 Å². The number of aliphatic imine (C=N–C) groups is 1. The molecule has 7 nitrogen and oxygen atoms in total. The van der Waals surface area contributed by atoms with Crippen LogP contribution in [0.3, 0.4) is 0 Å². The minimum Gasteiger partial charge on any atom is -0.357 e. The van der Waals surface area contributed by atoms with Gasteiger partial charge in [-0.15, -0.1) is 21.5 Å². The van der Waals surface area contributed by atoms with Crippen LogP contribution in [-0.4, -0.2) is 58.3 Å². The second kappa shape index (κ2) is 9.68. The zero-order valence-electron chi connectivity index (χ0n) is 15.7. The molecular weight excluding hydrogens is 346 g/mol. The number of nitrogens with one attached hydrogen (secondary N) is 2. The van der Waals surface area contributed by atoms with Crippen LogP contribution < -0.4 is 10.6 Å². The van der Waals surface area contributed by atoms with Gasteiger partial charge in [0, 0.05) is 50.6 Å². The molecule has 0 unspecified atom stereocenters. The lowest BCUT2D eigenvalue weighted by Crippen LogP contribution is -2.39. The number of fused-ring (bicyclic) bond motifs is 1. The highest BCUT2D eigenvalue weighted by atomic mass is 32.1. The van der Waals surface area contributed by atoms with Crippen LogP contribution in [0, 0.1) is 0 Å². The Morgan fingerprint density at radius 2 is 2.23 bits per heavy atom. The van der Waals surface area contributed by atoms with Gasteiger partial charge < -0.3 is 15.2 Å². The third-order valence-corrected chi connectivity index (χ3v) is 5.60. The standard InChI is InChI=1S/C18H29N7S/c1-3-17-23-22-14-25(17)11-8-21-18(19-4-2)20-7-10-24-9-5-16-15(13-24)6-12-26-16/h6,12,14H,3-5,7-11,13H2,1-2H3,(H2,19,20,21). The maximum Gasteiger partial charge on any atom is 0.191 e. The molecule has 0 spiro atoms. The van der Waals surface area contributed by atoms with Gasteiger partial charge in [0.25, 0.3) is 0 Å². The van der Waals surface area contributed by atoms with Crippen molar-refractivity contribution in [2.45, 2.75) is 39.8 Å². The Kier molecular flexibility index (Phi) is 7.02. The van der Waals surface area contributed by atoms with Gasteiger partial charge >= 0.3 is 0 Å². The summed E-state index contributed by atoms with van der Waals surface area (Å²) < 4.78 is 2.09. The topological polar surface area (TPSA) is 70.4 Å². The second-order valence-corrected chi connectivity index (χ2v) is 7.38. The highest BCUT2D eigenvalue weighted by Crippen LogP contribution is 2.23. The molecule has 1 aliphatic heterocycles. The third-order valence-electron chi connectivity index (χ3n) is 4.57. The summed E-state index contributed by atoms with van der Waals surface area (Å²) in [5.41, 5.74) is 1.50. The second-order valence-electron chi connectivity index (χ2n) is 6.38. The number of aromatic nitrogens is 3. The van der Waals surface area contributed by atoms with Crippen molar-refractivity contribution >= 4 is 17.3 Å². The van der Waals surface area contributed by atoms with E-state index in [1.165, 1.54) is 12.0 Å². The molecule has 2 aromatic heterocycles. The van der Waals surface area contributed by atoms with Crippen LogP contribution in [0.1, 0.15) is 30.1 Å². The summed E-state index contributed by atoms with van der Waals surface area (Å²) in [5, 5.41) is 17.0. The lowest BCUT2D eigenvalue weighted by atomic mass is 10.1. The van der Waals surface area contributed by atoms with Crippen LogP contribution in [0.25, 0.3) is 0 Å². The Morgan fingerprint density at radius 1 is 1.31 bits per heavy atom. The number of rotatable bonds is 8. The number of guanidine groups is 1. The summed E-state index contributed by atoms with van der Waals surface area (Å²) in [4.78, 5) is 8.78. The summed E-state index contributed by atoms with van der Waals surface area (Å²) in [6.07, 6.45) is 3.86. The first kappa shape index (κ1) is 18.8. The Labute approximate surface area is 159 Å². The molecule has 1 aliphatic rings. The largest absolute Gasteiger partial charge is 0.357 e. The third kappa shape index (κ3) is 5.04. The molecule has 0 saturated heterocycles. The lowest BCUT2D eigenvalue weighted by Gasteiger charge is -2.26. The van der Waals surface area contributed by atoms with E-state index in [2.05, 4.69) is 55.6 Å². The lowest BCUT2D eigenvalue weighted by molar-refractivity contribution is 0.263. The van der Waals surface area contributed by atoms with E-state index in [0.29, 0.717) is 0 Å². The summed E-state index contributed by atoms with van der Waals surface area (Å²) in [6.45, 7) is 10.7. The van der Waals surface area contributed by atoms with Gasteiger partial charge in [-0.25, -0.2) is 0 Å². The smallest absolute Gasteiger partial charge is 0.191 e. The SMILES string of the molecule is CCNC(=NCCN1CCc2sccc2C1)NCCn1cnnc1CC. The Hall–Kier alpha value is -1.93. The number of aryl methyl sites for hydroxylation is 1. The molecule has 0 saturated carbocycles. The molecule has 2 N–H and O–H groups in total. The quantitative estimate of drug-likeness (QED) is 0.541. The predicted octanol–water partition coefficient (Wildman–Crippen LogP) is 1.52. The van der Waals surface area contributed by atoms with Gasteiger partial charge in [-0.2, -0.15) is 0 Å². The Morgan fingerprint density at radius 3 is 3.08 bits per heavy atom. The highest BCUT2D eigenvalue weighted by molar-refractivity contribution is 7.10. The molecule has 8 heteroatoms. The minimum atomic E-state index is 0.804. The summed E-state index contributed by atoms with van der Waals surface area (Å²) in [6, 6.07) is 2.26. The molecule has 142 valence electrons. The van der Waals surface area contributed by atoms with E-state index in [0.717, 1.165) is 64.0 Å². The molecule has 0 aromatic carbocycles. The average molecular weight is 376 g/mol. The van der Waals surface area contributed by atoms with Gasteiger partial charge in [-0.3, -0.25) is 9.89 Å². The van der Waals surface area contributed by atoms with Crippen molar-refractivity contribution in [3.63, 3.8) is 0 Å². The normalized spacial score (nSPS) is 15.1. The summed E-state index contributed by atoms with van der Waals surface area (Å²) in [7, 11) is 0. The molecule has 0 atom stereocenters. The van der Waals surface area contributed by atoms with Crippen molar-refractivity contribution in [1.29, 1.82) is 0 Å². The fourth-order valence-electron chi connectivity index (χ4n) is 3.18. The van der Waals surface area contributed by atoms with Gasteiger partial charge in [-0.1, -0.05) is 6.92 Å². The molecule has 0 amide bonds. The van der Waals surface area contributed by atoms with Gasteiger partial charge in [0.2, 0.25) is 0 Å². The van der Waals surface area contributed by atoms with Gasteiger partial charge in [0.15, 0.2) is 5.96 Å². The maximum absolute atomic E-state index is 4.73. The maximum atomic E-state index is 4.73. The monoisotopic (exact) mass is 375 g/mol. The van der Waals surface area contributed by atoms with E-state index in [1.54, 1.807) is 11.2 Å². The van der Waals surface area contributed by atoms with Crippen LogP contribution in [0.5, 0.6) is 0 Å². The zero-order valence-corrected chi connectivity index (χ0v) is 16.6. The van der Waals surface area contributed by atoms with E-state index in [4.69, 9.17) is 4.99 Å². The van der Waals surface area contributed by atoms with Crippen LogP contribution in [0.2, 0.25) is 0 Å². The number of hydrogen-bond acceptors (Lipinski definition) is 5. The Balaban J connectivity index is 1.43. The van der Waals surface area contributed by atoms with Gasteiger partial charge in [0.1, 0.15) is 12.2 Å². The number of nitrogens with zero attached hydrogens (tertiary/aromatic N) is 5. The van der Waals surface area contributed by atoms with E-state index in [1.807, 2.05) is 11.3 Å². The highest BCUT2D eigenvalue weighted by Gasteiger charge is 2.16. The van der Waals surface area contributed by atoms with Crippen molar-refractivity contribution in [3.8, 4) is 0 Å².